The third kappa shape index (κ3) is 2.84. The second kappa shape index (κ2) is 4.06. The van der Waals surface area contributed by atoms with Crippen LogP contribution in [0.25, 0.3) is 0 Å². The average Bonchev–Trinajstić information content (AvgIpc) is 2.15. The molecule has 0 aliphatic rings. The Labute approximate surface area is 101 Å². The van der Waals surface area contributed by atoms with Crippen LogP contribution in [0.2, 0.25) is 0 Å². The summed E-state index contributed by atoms with van der Waals surface area (Å²) in [7, 11) is -8.35. The van der Waals surface area contributed by atoms with Gasteiger partial charge in [0.2, 0.25) is 0 Å². The first-order valence-corrected chi connectivity index (χ1v) is 7.62. The Morgan fingerprint density at radius 2 is 1.24 bits per heavy atom. The minimum absolute atomic E-state index is 0.0302. The third-order valence-electron chi connectivity index (χ3n) is 2.22. The van der Waals surface area contributed by atoms with Gasteiger partial charge in [-0.2, -0.15) is 8.42 Å². The molecule has 4 nitrogen and oxygen atoms in total. The lowest BCUT2D eigenvalue weighted by Crippen LogP contribution is -2.27. The van der Waals surface area contributed by atoms with Crippen molar-refractivity contribution in [1.29, 1.82) is 0 Å². The number of hydrogen-bond donors (Lipinski definition) is 0. The van der Waals surface area contributed by atoms with Gasteiger partial charge in [0.05, 0.1) is 14.5 Å². The van der Waals surface area contributed by atoms with Gasteiger partial charge in [-0.05, 0) is 45.0 Å². The van der Waals surface area contributed by atoms with E-state index in [1.807, 2.05) is 0 Å². The number of halogens is 1. The van der Waals surface area contributed by atoms with Crippen LogP contribution in [0, 0.1) is 0 Å². The summed E-state index contributed by atoms with van der Waals surface area (Å²) in [6.07, 6.45) is 0. The Balaban J connectivity index is 3.31. The highest BCUT2D eigenvalue weighted by molar-refractivity contribution is 7.92. The quantitative estimate of drug-likeness (QED) is 0.776. The minimum atomic E-state index is -4.80. The van der Waals surface area contributed by atoms with Gasteiger partial charge in [-0.3, -0.25) is 0 Å². The molecule has 0 N–H and O–H groups in total. The summed E-state index contributed by atoms with van der Waals surface area (Å²) in [5.41, 5.74) is 0. The Kier molecular flexibility index (Phi) is 3.37. The van der Waals surface area contributed by atoms with E-state index >= 15 is 0 Å². The largest absolute Gasteiger partial charge is 0.332 e. The molecule has 0 fully saturated rings. The number of rotatable bonds is 2. The molecule has 0 aliphatic carbocycles. The summed E-state index contributed by atoms with van der Waals surface area (Å²) < 4.78 is 56.7. The maximum atomic E-state index is 12.6. The van der Waals surface area contributed by atoms with E-state index < -0.39 is 29.7 Å². The molecule has 0 saturated heterocycles. The van der Waals surface area contributed by atoms with Crippen LogP contribution in [0.3, 0.4) is 0 Å². The van der Waals surface area contributed by atoms with Gasteiger partial charge in [0.25, 0.3) is 0 Å². The molecular weight excluding hydrogens is 267 g/mol. The molecule has 0 aliphatic heterocycles. The molecule has 1 aromatic rings. The molecule has 0 saturated carbocycles. The predicted octanol–water partition coefficient (Wildman–Crippen LogP) is 1.92. The Morgan fingerprint density at radius 1 is 0.882 bits per heavy atom. The first-order valence-electron chi connectivity index (χ1n) is 4.75. The van der Waals surface area contributed by atoms with E-state index in [0.29, 0.717) is 0 Å². The van der Waals surface area contributed by atoms with Crippen LogP contribution in [0.1, 0.15) is 20.8 Å². The van der Waals surface area contributed by atoms with E-state index in [2.05, 4.69) is 0 Å². The maximum Gasteiger partial charge on any atom is 0.332 e. The predicted molar refractivity (Wildman–Crippen MR) is 61.7 cm³/mol. The van der Waals surface area contributed by atoms with Crippen molar-refractivity contribution in [3.63, 3.8) is 0 Å². The van der Waals surface area contributed by atoms with Gasteiger partial charge in [0.15, 0.2) is 9.84 Å². The van der Waals surface area contributed by atoms with Crippen LogP contribution >= 0.6 is 0 Å². The van der Waals surface area contributed by atoms with Crippen molar-refractivity contribution < 1.29 is 20.7 Å². The molecule has 0 bridgehead atoms. The number of sulfone groups is 1. The highest BCUT2D eigenvalue weighted by Crippen LogP contribution is 2.25. The van der Waals surface area contributed by atoms with Crippen LogP contribution in [0.4, 0.5) is 3.89 Å². The molecule has 7 heteroatoms. The average molecular weight is 280 g/mol. The van der Waals surface area contributed by atoms with Gasteiger partial charge in [0, 0.05) is 0 Å². The fourth-order valence-electron chi connectivity index (χ4n) is 1.13. The Hall–Kier alpha value is -0.950. The van der Waals surface area contributed by atoms with E-state index in [0.717, 1.165) is 24.3 Å². The normalized spacial score (nSPS) is 13.6. The first kappa shape index (κ1) is 14.1. The van der Waals surface area contributed by atoms with E-state index in [4.69, 9.17) is 0 Å². The molecule has 0 amide bonds. The van der Waals surface area contributed by atoms with Gasteiger partial charge in [0.1, 0.15) is 0 Å². The lowest BCUT2D eigenvalue weighted by molar-refractivity contribution is 0.550. The molecule has 0 atom stereocenters. The molecule has 1 rings (SSSR count). The zero-order valence-corrected chi connectivity index (χ0v) is 11.3. The summed E-state index contributed by atoms with van der Waals surface area (Å²) in [5.74, 6) is 0. The third-order valence-corrected chi connectivity index (χ3v) is 5.56. The summed E-state index contributed by atoms with van der Waals surface area (Å²) >= 11 is 0. The van der Waals surface area contributed by atoms with Crippen molar-refractivity contribution in [2.45, 2.75) is 35.3 Å². The molecule has 0 aromatic heterocycles. The van der Waals surface area contributed by atoms with E-state index in [9.17, 15) is 20.7 Å². The Bertz CT molecular complexity index is 607. The van der Waals surface area contributed by atoms with Gasteiger partial charge in [-0.25, -0.2) is 8.42 Å². The number of hydrogen-bond acceptors (Lipinski definition) is 4. The van der Waals surface area contributed by atoms with Crippen molar-refractivity contribution in [3.05, 3.63) is 24.3 Å². The van der Waals surface area contributed by atoms with E-state index in [-0.39, 0.29) is 4.90 Å². The highest BCUT2D eigenvalue weighted by atomic mass is 32.3. The van der Waals surface area contributed by atoms with Gasteiger partial charge >= 0.3 is 10.2 Å². The molecule has 0 unspecified atom stereocenters. The smallest absolute Gasteiger partial charge is 0.223 e. The standard InChI is InChI=1S/C10H13FO4S2/c1-10(2,3)16(12,13)8-4-6-9(7-5-8)17(11,14)15/h4-7H,1-3H3. The van der Waals surface area contributed by atoms with Crippen molar-refractivity contribution in [2.75, 3.05) is 0 Å². The summed E-state index contributed by atoms with van der Waals surface area (Å²) in [6, 6.07) is 4.06. The molecule has 0 heterocycles. The van der Waals surface area contributed by atoms with Crippen LogP contribution in [-0.4, -0.2) is 21.6 Å². The summed E-state index contributed by atoms with van der Waals surface area (Å²) in [4.78, 5) is -0.581. The molecule has 17 heavy (non-hydrogen) atoms. The van der Waals surface area contributed by atoms with Gasteiger partial charge in [-0.15, -0.1) is 3.89 Å². The van der Waals surface area contributed by atoms with Crippen molar-refractivity contribution in [3.8, 4) is 0 Å². The fraction of sp³-hybridized carbons (Fsp3) is 0.400. The van der Waals surface area contributed by atoms with Crippen molar-refractivity contribution in [2.24, 2.45) is 0 Å². The fourth-order valence-corrected chi connectivity index (χ4v) is 2.80. The van der Waals surface area contributed by atoms with Crippen LogP contribution in [0.5, 0.6) is 0 Å². The maximum absolute atomic E-state index is 12.6. The lowest BCUT2D eigenvalue weighted by Gasteiger charge is -2.19. The lowest BCUT2D eigenvalue weighted by atomic mass is 10.3. The SMILES string of the molecule is CC(C)(C)S(=O)(=O)c1ccc(S(=O)(=O)F)cc1. The minimum Gasteiger partial charge on any atom is -0.223 e. The second-order valence-corrected chi connectivity index (χ2v) is 8.58. The number of benzene rings is 1. The molecular formula is C10H13FO4S2. The molecule has 0 radical (unpaired) electrons. The zero-order chi connectivity index (χ0) is 13.5. The van der Waals surface area contributed by atoms with Crippen molar-refractivity contribution >= 4 is 20.1 Å². The summed E-state index contributed by atoms with van der Waals surface area (Å²) in [6.45, 7) is 4.59. The molecule has 1 aromatic carbocycles. The van der Waals surface area contributed by atoms with Crippen LogP contribution in [-0.2, 0) is 20.1 Å². The highest BCUT2D eigenvalue weighted by Gasteiger charge is 2.30. The first-order chi connectivity index (χ1) is 7.46. The topological polar surface area (TPSA) is 68.3 Å². The molecule has 96 valence electrons. The van der Waals surface area contributed by atoms with Crippen LogP contribution < -0.4 is 0 Å². The molecule has 0 spiro atoms. The van der Waals surface area contributed by atoms with Crippen molar-refractivity contribution in [1.82, 2.24) is 0 Å². The Morgan fingerprint density at radius 3 is 1.53 bits per heavy atom. The summed E-state index contributed by atoms with van der Waals surface area (Å²) in [5, 5.41) is 0. The van der Waals surface area contributed by atoms with Gasteiger partial charge in [-0.1, -0.05) is 0 Å². The zero-order valence-electron chi connectivity index (χ0n) is 9.64. The van der Waals surface area contributed by atoms with Gasteiger partial charge < -0.3 is 0 Å². The monoisotopic (exact) mass is 280 g/mol. The second-order valence-electron chi connectivity index (χ2n) is 4.53. The van der Waals surface area contributed by atoms with E-state index in [1.54, 1.807) is 0 Å². The van der Waals surface area contributed by atoms with E-state index in [1.165, 1.54) is 20.8 Å². The van der Waals surface area contributed by atoms with Crippen LogP contribution in [0.15, 0.2) is 34.1 Å².